The highest BCUT2D eigenvalue weighted by atomic mass is 32.2. The molecule has 306 valence electrons. The van der Waals surface area contributed by atoms with Crippen molar-refractivity contribution in [1.29, 1.82) is 0 Å². The van der Waals surface area contributed by atoms with Crippen molar-refractivity contribution in [1.82, 2.24) is 4.57 Å². The van der Waals surface area contributed by atoms with Crippen LogP contribution in [0.15, 0.2) is 228 Å². The van der Waals surface area contributed by atoms with Gasteiger partial charge in [-0.25, -0.2) is 0 Å². The maximum absolute atomic E-state index is 2.51. The molecule has 0 amide bonds. The lowest BCUT2D eigenvalue weighted by atomic mass is 9.59. The lowest BCUT2D eigenvalue weighted by Crippen LogP contribution is -2.36. The fraction of sp³-hybridized carbons (Fsp3) is 0.0645. The van der Waals surface area contributed by atoms with E-state index in [4.69, 9.17) is 0 Å². The minimum Gasteiger partial charge on any atom is -0.310 e. The van der Waals surface area contributed by atoms with Gasteiger partial charge in [-0.15, -0.1) is 0 Å². The molecule has 3 heteroatoms. The van der Waals surface area contributed by atoms with Crippen LogP contribution in [0.5, 0.6) is 0 Å². The number of aromatic nitrogens is 1. The first-order valence-corrected chi connectivity index (χ1v) is 23.5. The average Bonchev–Trinajstić information content (AvgIpc) is 3.80. The molecule has 0 fully saturated rings. The quantitative estimate of drug-likeness (QED) is 0.174. The Bertz CT molecular complexity index is 3800. The van der Waals surface area contributed by atoms with Gasteiger partial charge in [0.05, 0.1) is 16.4 Å². The third kappa shape index (κ3) is 4.96. The average molecular weight is 847 g/mol. The summed E-state index contributed by atoms with van der Waals surface area (Å²) in [5, 5.41) is 5.10. The molecular formula is C62H42N2S. The van der Waals surface area contributed by atoms with Gasteiger partial charge in [-0.05, 0) is 133 Å². The van der Waals surface area contributed by atoms with Gasteiger partial charge < -0.3 is 9.47 Å². The number of hydrogen-bond donors (Lipinski definition) is 0. The van der Waals surface area contributed by atoms with E-state index >= 15 is 0 Å². The monoisotopic (exact) mass is 846 g/mol. The van der Waals surface area contributed by atoms with Crippen LogP contribution in [0.3, 0.4) is 0 Å². The fourth-order valence-electron chi connectivity index (χ4n) is 12.0. The van der Waals surface area contributed by atoms with Crippen molar-refractivity contribution in [2.75, 3.05) is 4.90 Å². The molecule has 65 heavy (non-hydrogen) atoms. The second-order valence-corrected chi connectivity index (χ2v) is 19.5. The molecule has 3 aliphatic rings. The Morgan fingerprint density at radius 3 is 1.86 bits per heavy atom. The van der Waals surface area contributed by atoms with Crippen LogP contribution in [0.1, 0.15) is 47.2 Å². The number of hydrogen-bond acceptors (Lipinski definition) is 2. The van der Waals surface area contributed by atoms with Crippen LogP contribution in [-0.2, 0) is 10.8 Å². The third-order valence-corrected chi connectivity index (χ3v) is 16.0. The fourth-order valence-corrected chi connectivity index (χ4v) is 13.2. The van der Waals surface area contributed by atoms with Crippen molar-refractivity contribution in [2.45, 2.75) is 34.5 Å². The number of para-hydroxylation sites is 2. The molecule has 1 spiro atoms. The van der Waals surface area contributed by atoms with Crippen LogP contribution < -0.4 is 4.90 Å². The van der Waals surface area contributed by atoms with Crippen LogP contribution in [0.2, 0.25) is 0 Å². The molecule has 1 unspecified atom stereocenters. The first kappa shape index (κ1) is 36.8. The summed E-state index contributed by atoms with van der Waals surface area (Å²) in [6, 6.07) is 82.1. The summed E-state index contributed by atoms with van der Waals surface area (Å²) in [5.41, 5.74) is 19.6. The first-order chi connectivity index (χ1) is 32.0. The van der Waals surface area contributed by atoms with Crippen LogP contribution in [0.25, 0.3) is 60.5 Å². The van der Waals surface area contributed by atoms with Crippen LogP contribution in [-0.4, -0.2) is 4.57 Å². The minimum absolute atomic E-state index is 0.106. The molecule has 2 aliphatic carbocycles. The molecule has 1 atom stereocenters. The summed E-state index contributed by atoms with van der Waals surface area (Å²) in [7, 11) is 0. The van der Waals surface area contributed by atoms with Gasteiger partial charge in [0.25, 0.3) is 0 Å². The SMILES string of the molecule is CC1(C)c2ccccc2-c2ccc(-n3c4ccccc4c4ccc(N(c5ccccc5)c5ccc6c(c5)C5(c7ccccc7S6)c6ccccc6-c6cccc7cccc5c67)cc43)cc21. The van der Waals surface area contributed by atoms with Gasteiger partial charge >= 0.3 is 0 Å². The van der Waals surface area contributed by atoms with Gasteiger partial charge in [0, 0.05) is 48.7 Å². The van der Waals surface area contributed by atoms with E-state index in [0.717, 1.165) is 17.1 Å². The minimum atomic E-state index is -0.544. The standard InChI is InChI=1S/C62H42N2S/c1-61(2)50-24-9-6-20-44(50)46-33-30-42(36-54(46)61)64-56-28-12-8-22-47(56)48-34-31-43(38-57(48)64)63(40-18-4-3-5-19-40)41-32-35-59-55(37-41)62(52-26-11-13-29-58(52)65-59)51-25-10-7-21-45(51)49-23-14-16-39-17-15-27-53(62)60(39)49/h3-38H,1-2H3. The zero-order chi connectivity index (χ0) is 43.0. The summed E-state index contributed by atoms with van der Waals surface area (Å²) in [5.74, 6) is 0. The van der Waals surface area contributed by atoms with Crippen LogP contribution in [0.4, 0.5) is 17.1 Å². The maximum atomic E-state index is 2.51. The van der Waals surface area contributed by atoms with Gasteiger partial charge in [-0.3, -0.25) is 0 Å². The van der Waals surface area contributed by atoms with Crippen molar-refractivity contribution < 1.29 is 0 Å². The zero-order valence-corrected chi connectivity index (χ0v) is 36.9. The molecule has 1 aromatic heterocycles. The molecule has 10 aromatic carbocycles. The first-order valence-electron chi connectivity index (χ1n) is 22.7. The van der Waals surface area contributed by atoms with E-state index in [9.17, 15) is 0 Å². The molecule has 0 saturated heterocycles. The van der Waals surface area contributed by atoms with E-state index in [1.54, 1.807) is 0 Å². The molecule has 1 aliphatic heterocycles. The van der Waals surface area contributed by atoms with E-state index in [1.165, 1.54) is 104 Å². The number of rotatable bonds is 4. The Hall–Kier alpha value is -7.59. The summed E-state index contributed by atoms with van der Waals surface area (Å²) in [4.78, 5) is 5.05. The zero-order valence-electron chi connectivity index (χ0n) is 36.1. The summed E-state index contributed by atoms with van der Waals surface area (Å²) >= 11 is 1.89. The summed E-state index contributed by atoms with van der Waals surface area (Å²) in [6.07, 6.45) is 0. The van der Waals surface area contributed by atoms with Gasteiger partial charge in [-0.2, -0.15) is 0 Å². The van der Waals surface area contributed by atoms with Crippen LogP contribution in [0, 0.1) is 0 Å². The molecule has 11 aromatic rings. The molecule has 14 rings (SSSR count). The normalized spacial score (nSPS) is 16.0. The highest BCUT2D eigenvalue weighted by molar-refractivity contribution is 7.99. The van der Waals surface area contributed by atoms with E-state index in [0.29, 0.717) is 0 Å². The van der Waals surface area contributed by atoms with Crippen molar-refractivity contribution >= 4 is 61.4 Å². The topological polar surface area (TPSA) is 8.17 Å². The summed E-state index contributed by atoms with van der Waals surface area (Å²) < 4.78 is 2.49. The van der Waals surface area contributed by atoms with Crippen LogP contribution >= 0.6 is 11.8 Å². The van der Waals surface area contributed by atoms with E-state index in [1.807, 2.05) is 11.8 Å². The Morgan fingerprint density at radius 1 is 0.385 bits per heavy atom. The lowest BCUT2D eigenvalue weighted by Gasteiger charge is -2.46. The van der Waals surface area contributed by atoms with Crippen molar-refractivity contribution in [3.05, 3.63) is 252 Å². The van der Waals surface area contributed by atoms with Gasteiger partial charge in [-0.1, -0.05) is 177 Å². The second-order valence-electron chi connectivity index (χ2n) is 18.4. The Kier molecular flexibility index (Phi) is 7.63. The van der Waals surface area contributed by atoms with Crippen molar-refractivity contribution in [3.63, 3.8) is 0 Å². The number of fused-ring (bicyclic) bond motifs is 14. The predicted octanol–water partition coefficient (Wildman–Crippen LogP) is 16.5. The van der Waals surface area contributed by atoms with Gasteiger partial charge in [0.15, 0.2) is 0 Å². The Balaban J connectivity index is 1.02. The second kappa shape index (κ2) is 13.5. The van der Waals surface area contributed by atoms with Gasteiger partial charge in [0.2, 0.25) is 0 Å². The molecule has 0 saturated carbocycles. The van der Waals surface area contributed by atoms with Crippen molar-refractivity contribution in [2.24, 2.45) is 0 Å². The van der Waals surface area contributed by atoms with E-state index in [2.05, 4.69) is 242 Å². The number of benzene rings is 10. The molecular weight excluding hydrogens is 805 g/mol. The Labute approximate surface area is 383 Å². The van der Waals surface area contributed by atoms with E-state index in [-0.39, 0.29) is 5.41 Å². The molecule has 0 N–H and O–H groups in total. The van der Waals surface area contributed by atoms with Crippen molar-refractivity contribution in [3.8, 4) is 27.9 Å². The smallest absolute Gasteiger partial charge is 0.0736 e. The predicted molar refractivity (Wildman–Crippen MR) is 272 cm³/mol. The summed E-state index contributed by atoms with van der Waals surface area (Å²) in [6.45, 7) is 4.74. The molecule has 0 bridgehead atoms. The van der Waals surface area contributed by atoms with Gasteiger partial charge in [0.1, 0.15) is 0 Å². The molecule has 2 nitrogen and oxygen atoms in total. The maximum Gasteiger partial charge on any atom is 0.0736 e. The number of anilines is 3. The number of nitrogens with zero attached hydrogens (tertiary/aromatic N) is 2. The molecule has 0 radical (unpaired) electrons. The third-order valence-electron chi connectivity index (χ3n) is 14.8. The lowest BCUT2D eigenvalue weighted by molar-refractivity contribution is 0.660. The Morgan fingerprint density at radius 2 is 1.00 bits per heavy atom. The highest BCUT2D eigenvalue weighted by Crippen LogP contribution is 2.62. The largest absolute Gasteiger partial charge is 0.310 e. The van der Waals surface area contributed by atoms with E-state index < -0.39 is 5.41 Å². The molecule has 2 heterocycles. The highest BCUT2D eigenvalue weighted by Gasteiger charge is 2.49.